The normalized spacial score (nSPS) is 10.9. The molecule has 4 rings (SSSR count). The van der Waals surface area contributed by atoms with Gasteiger partial charge in [-0.15, -0.1) is 0 Å². The number of nitrogens with zero attached hydrogens (tertiary/aromatic N) is 2. The summed E-state index contributed by atoms with van der Waals surface area (Å²) in [4.78, 5) is 25.5. The van der Waals surface area contributed by atoms with Gasteiger partial charge in [-0.25, -0.2) is 0 Å². The van der Waals surface area contributed by atoms with Crippen molar-refractivity contribution in [3.8, 4) is 0 Å². The lowest BCUT2D eigenvalue weighted by Crippen LogP contribution is -2.17. The highest BCUT2D eigenvalue weighted by Crippen LogP contribution is 2.41. The Morgan fingerprint density at radius 3 is 1.44 bits per heavy atom. The second kappa shape index (κ2) is 9.84. The maximum atomic E-state index is 11.7. The molecule has 0 unspecified atom stereocenters. The lowest BCUT2D eigenvalue weighted by Gasteiger charge is -2.14. The zero-order valence-electron chi connectivity index (χ0n) is 17.2. The van der Waals surface area contributed by atoms with Gasteiger partial charge in [0.25, 0.3) is 11.8 Å². The predicted octanol–water partition coefficient (Wildman–Crippen LogP) is 4.38. The third-order valence-electron chi connectivity index (χ3n) is 5.01. The molecule has 0 radical (unpaired) electrons. The molecule has 0 aliphatic heterocycles. The highest BCUT2D eigenvalue weighted by Gasteiger charge is 2.12. The van der Waals surface area contributed by atoms with Crippen LogP contribution in [0, 0.1) is 0 Å². The van der Waals surface area contributed by atoms with Gasteiger partial charge in [0.15, 0.2) is 0 Å². The first-order chi connectivity index (χ1) is 15.5. The fourth-order valence-corrected chi connectivity index (χ4v) is 5.88. The minimum Gasteiger partial charge on any atom is -0.364 e. The number of hydrogen-bond donors (Lipinski definition) is 2. The standard InChI is InChI=1S/C24H22N4O2S2/c25-23(29)19-9-5-13-27(19)15-17-7-1-3-11-21(17)31-32-22-12-4-2-8-18(22)16-28-14-6-10-20(28)24(26)30/h1-14H,15-16H2,(H2,25,29)(H2,26,30). The minimum atomic E-state index is -0.441. The van der Waals surface area contributed by atoms with Gasteiger partial charge >= 0.3 is 0 Å². The van der Waals surface area contributed by atoms with Gasteiger partial charge < -0.3 is 20.6 Å². The van der Waals surface area contributed by atoms with Crippen molar-refractivity contribution in [3.63, 3.8) is 0 Å². The van der Waals surface area contributed by atoms with E-state index in [1.54, 1.807) is 33.7 Å². The van der Waals surface area contributed by atoms with E-state index in [9.17, 15) is 9.59 Å². The Morgan fingerprint density at radius 1 is 0.625 bits per heavy atom. The van der Waals surface area contributed by atoms with Crippen molar-refractivity contribution < 1.29 is 9.59 Å². The molecule has 4 aromatic rings. The molecular weight excluding hydrogens is 440 g/mol. The van der Waals surface area contributed by atoms with Gasteiger partial charge in [-0.05, 0) is 47.5 Å². The Bertz CT molecular complexity index is 1160. The van der Waals surface area contributed by atoms with E-state index >= 15 is 0 Å². The highest BCUT2D eigenvalue weighted by atomic mass is 33.1. The molecule has 2 heterocycles. The summed E-state index contributed by atoms with van der Waals surface area (Å²) in [5.74, 6) is -0.882. The van der Waals surface area contributed by atoms with Crippen molar-refractivity contribution in [2.24, 2.45) is 11.5 Å². The number of benzene rings is 2. The fourth-order valence-electron chi connectivity index (χ4n) is 3.44. The Labute approximate surface area is 194 Å². The Morgan fingerprint density at radius 2 is 1.03 bits per heavy atom. The maximum Gasteiger partial charge on any atom is 0.265 e. The molecule has 162 valence electrons. The minimum absolute atomic E-state index is 0.441. The third-order valence-corrected chi connectivity index (χ3v) is 7.58. The van der Waals surface area contributed by atoms with Gasteiger partial charge in [0, 0.05) is 35.3 Å². The summed E-state index contributed by atoms with van der Waals surface area (Å²) in [6, 6.07) is 23.3. The summed E-state index contributed by atoms with van der Waals surface area (Å²) in [7, 11) is 3.32. The molecule has 0 saturated carbocycles. The van der Waals surface area contributed by atoms with Gasteiger partial charge in [-0.2, -0.15) is 0 Å². The van der Waals surface area contributed by atoms with Crippen molar-refractivity contribution in [2.75, 3.05) is 0 Å². The van der Waals surface area contributed by atoms with E-state index < -0.39 is 11.8 Å². The number of amides is 2. The summed E-state index contributed by atoms with van der Waals surface area (Å²) in [6.07, 6.45) is 3.72. The molecule has 0 spiro atoms. The summed E-state index contributed by atoms with van der Waals surface area (Å²) in [6.45, 7) is 1.12. The highest BCUT2D eigenvalue weighted by molar-refractivity contribution is 8.76. The van der Waals surface area contributed by atoms with E-state index in [2.05, 4.69) is 24.3 Å². The largest absolute Gasteiger partial charge is 0.364 e. The molecular formula is C24H22N4O2S2. The van der Waals surface area contributed by atoms with E-state index in [1.165, 1.54) is 0 Å². The number of primary amides is 2. The SMILES string of the molecule is NC(=O)c1cccn1Cc1ccccc1SSc1ccccc1Cn1cccc1C(N)=O. The number of carbonyl (C=O) groups excluding carboxylic acids is 2. The van der Waals surface area contributed by atoms with Crippen LogP contribution in [-0.2, 0) is 13.1 Å². The molecule has 32 heavy (non-hydrogen) atoms. The van der Waals surface area contributed by atoms with Gasteiger partial charge in [-0.1, -0.05) is 58.0 Å². The number of rotatable bonds is 9. The van der Waals surface area contributed by atoms with Crippen LogP contribution in [0.2, 0.25) is 0 Å². The van der Waals surface area contributed by atoms with Crippen LogP contribution in [0.25, 0.3) is 0 Å². The van der Waals surface area contributed by atoms with Crippen LogP contribution in [0.5, 0.6) is 0 Å². The van der Waals surface area contributed by atoms with Crippen LogP contribution in [0.3, 0.4) is 0 Å². The topological polar surface area (TPSA) is 96.0 Å². The Kier molecular flexibility index (Phi) is 6.72. The van der Waals surface area contributed by atoms with Crippen molar-refractivity contribution in [3.05, 3.63) is 108 Å². The second-order valence-corrected chi connectivity index (χ2v) is 9.37. The zero-order valence-corrected chi connectivity index (χ0v) is 18.8. The predicted molar refractivity (Wildman–Crippen MR) is 129 cm³/mol. The maximum absolute atomic E-state index is 11.7. The summed E-state index contributed by atoms with van der Waals surface area (Å²) < 4.78 is 3.72. The van der Waals surface area contributed by atoms with Crippen molar-refractivity contribution in [1.82, 2.24) is 9.13 Å². The fraction of sp³-hybridized carbons (Fsp3) is 0.0833. The van der Waals surface area contributed by atoms with Crippen LogP contribution in [0.4, 0.5) is 0 Å². The molecule has 2 aromatic carbocycles. The molecule has 4 N–H and O–H groups in total. The average molecular weight is 463 g/mol. The van der Waals surface area contributed by atoms with Crippen molar-refractivity contribution in [2.45, 2.75) is 22.9 Å². The van der Waals surface area contributed by atoms with Crippen molar-refractivity contribution >= 4 is 33.4 Å². The first-order valence-corrected chi connectivity index (χ1v) is 12.1. The van der Waals surface area contributed by atoms with Gasteiger partial charge in [0.1, 0.15) is 11.4 Å². The molecule has 0 saturated heterocycles. The van der Waals surface area contributed by atoms with Crippen LogP contribution in [0.15, 0.2) is 95.0 Å². The molecule has 6 nitrogen and oxygen atoms in total. The van der Waals surface area contributed by atoms with Gasteiger partial charge in [0.2, 0.25) is 0 Å². The number of carbonyl (C=O) groups is 2. The molecule has 0 aliphatic carbocycles. The number of nitrogens with two attached hydrogens (primary N) is 2. The van der Waals surface area contributed by atoms with E-state index in [0.717, 1.165) is 20.9 Å². The first-order valence-electron chi connectivity index (χ1n) is 9.93. The van der Waals surface area contributed by atoms with Crippen LogP contribution in [0.1, 0.15) is 32.1 Å². The lowest BCUT2D eigenvalue weighted by molar-refractivity contribution is 0.0983. The quantitative estimate of drug-likeness (QED) is 0.361. The van der Waals surface area contributed by atoms with E-state index in [0.29, 0.717) is 24.5 Å². The van der Waals surface area contributed by atoms with Crippen LogP contribution >= 0.6 is 21.6 Å². The third kappa shape index (κ3) is 4.92. The lowest BCUT2D eigenvalue weighted by atomic mass is 10.2. The molecule has 0 bridgehead atoms. The molecule has 8 heteroatoms. The van der Waals surface area contributed by atoms with Crippen LogP contribution in [-0.4, -0.2) is 20.9 Å². The molecule has 0 atom stereocenters. The van der Waals surface area contributed by atoms with Crippen molar-refractivity contribution in [1.29, 1.82) is 0 Å². The smallest absolute Gasteiger partial charge is 0.265 e. The summed E-state index contributed by atoms with van der Waals surface area (Å²) in [5.41, 5.74) is 14.1. The average Bonchev–Trinajstić information content (AvgIpc) is 3.44. The van der Waals surface area contributed by atoms with E-state index in [4.69, 9.17) is 11.5 Å². The number of hydrogen-bond acceptors (Lipinski definition) is 4. The molecule has 0 fully saturated rings. The molecule has 2 amide bonds. The summed E-state index contributed by atoms with van der Waals surface area (Å²) in [5, 5.41) is 0. The van der Waals surface area contributed by atoms with E-state index in [-0.39, 0.29) is 0 Å². The zero-order chi connectivity index (χ0) is 22.5. The summed E-state index contributed by atoms with van der Waals surface area (Å²) >= 11 is 0. The van der Waals surface area contributed by atoms with Gasteiger partial charge in [0.05, 0.1) is 0 Å². The molecule has 2 aromatic heterocycles. The molecule has 0 aliphatic rings. The Hall–Kier alpha value is -3.36. The first kappa shape index (κ1) is 21.9. The second-order valence-electron chi connectivity index (χ2n) is 7.15. The van der Waals surface area contributed by atoms with Crippen LogP contribution < -0.4 is 11.5 Å². The Balaban J connectivity index is 1.53. The van der Waals surface area contributed by atoms with Gasteiger partial charge in [-0.3, -0.25) is 9.59 Å². The van der Waals surface area contributed by atoms with E-state index in [1.807, 2.05) is 57.9 Å². The number of aromatic nitrogens is 2. The monoisotopic (exact) mass is 462 g/mol.